The van der Waals surface area contributed by atoms with Crippen LogP contribution in [0, 0.1) is 6.92 Å². The summed E-state index contributed by atoms with van der Waals surface area (Å²) in [6, 6.07) is 19.7. The maximum absolute atomic E-state index is 9.60. The fraction of sp³-hybridized carbons (Fsp3) is 0.440. The second kappa shape index (κ2) is 9.57. The molecule has 0 saturated carbocycles. The second-order valence-corrected chi connectivity index (χ2v) is 8.30. The summed E-state index contributed by atoms with van der Waals surface area (Å²) in [4.78, 5) is 8.76. The van der Waals surface area contributed by atoms with E-state index in [0.29, 0.717) is 6.04 Å². The quantitative estimate of drug-likeness (QED) is 0.610. The second-order valence-electron chi connectivity index (χ2n) is 8.30. The van der Waals surface area contributed by atoms with Crippen LogP contribution in [0.25, 0.3) is 10.9 Å². The number of piperazine rings is 1. The van der Waals surface area contributed by atoms with Gasteiger partial charge in [0.25, 0.3) is 0 Å². The van der Waals surface area contributed by atoms with E-state index in [1.807, 2.05) is 0 Å². The predicted molar refractivity (Wildman–Crippen MR) is 120 cm³/mol. The molecule has 0 spiro atoms. The molecular weight excluding hydrogens is 358 g/mol. The van der Waals surface area contributed by atoms with Gasteiger partial charge in [-0.25, -0.2) is 0 Å². The van der Waals surface area contributed by atoms with Crippen LogP contribution < -0.4 is 0 Å². The van der Waals surface area contributed by atoms with Crippen LogP contribution in [-0.4, -0.2) is 58.7 Å². The fourth-order valence-electron chi connectivity index (χ4n) is 4.67. The van der Waals surface area contributed by atoms with E-state index in [0.717, 1.165) is 45.6 Å². The number of hydrogen-bond donors (Lipinski definition) is 2. The highest BCUT2D eigenvalue weighted by Gasteiger charge is 2.26. The van der Waals surface area contributed by atoms with Crippen LogP contribution in [0.3, 0.4) is 0 Å². The number of aromatic amines is 1. The first-order valence-electron chi connectivity index (χ1n) is 10.9. The third kappa shape index (κ3) is 4.89. The summed E-state index contributed by atoms with van der Waals surface area (Å²) in [5, 5.41) is 10.9. The number of nitrogens with zero attached hydrogens (tertiary/aromatic N) is 2. The molecule has 0 radical (unpaired) electrons. The molecule has 29 heavy (non-hydrogen) atoms. The molecule has 2 N–H and O–H groups in total. The van der Waals surface area contributed by atoms with Crippen molar-refractivity contribution >= 4 is 10.9 Å². The number of benzene rings is 2. The number of aliphatic hydroxyl groups excluding tert-OH is 1. The minimum absolute atomic E-state index is 0.263. The molecule has 0 unspecified atom stereocenters. The normalized spacial score (nSPS) is 18.5. The van der Waals surface area contributed by atoms with Crippen molar-refractivity contribution in [3.05, 3.63) is 71.4 Å². The van der Waals surface area contributed by atoms with E-state index in [2.05, 4.69) is 76.3 Å². The van der Waals surface area contributed by atoms with E-state index in [-0.39, 0.29) is 6.61 Å². The van der Waals surface area contributed by atoms with Crippen molar-refractivity contribution in [2.24, 2.45) is 0 Å². The number of hydrogen-bond acceptors (Lipinski definition) is 3. The Bertz CT molecular complexity index is 905. The maximum atomic E-state index is 9.60. The number of fused-ring (bicyclic) bond motifs is 1. The summed E-state index contributed by atoms with van der Waals surface area (Å²) in [6.45, 7) is 7.75. The molecule has 4 rings (SSSR count). The molecule has 1 aromatic heterocycles. The van der Waals surface area contributed by atoms with Crippen molar-refractivity contribution in [1.29, 1.82) is 0 Å². The van der Waals surface area contributed by atoms with Crippen LogP contribution in [0.15, 0.2) is 54.6 Å². The SMILES string of the molecule is Cc1c(CN2CCN(CCCc3ccccc3)[C@H](CCO)C2)[nH]c2ccccc12. The van der Waals surface area contributed by atoms with Gasteiger partial charge in [-0.3, -0.25) is 9.80 Å². The van der Waals surface area contributed by atoms with Crippen LogP contribution in [0.5, 0.6) is 0 Å². The van der Waals surface area contributed by atoms with Crippen molar-refractivity contribution in [2.45, 2.75) is 38.8 Å². The molecule has 1 aliphatic rings. The molecule has 2 aromatic carbocycles. The number of nitrogens with one attached hydrogen (secondary N) is 1. The summed E-state index contributed by atoms with van der Waals surface area (Å²) in [5.74, 6) is 0. The Hall–Kier alpha value is -2.14. The molecule has 1 atom stereocenters. The molecule has 2 heterocycles. The minimum atomic E-state index is 0.263. The van der Waals surface area contributed by atoms with Gasteiger partial charge in [-0.15, -0.1) is 0 Å². The molecule has 0 bridgehead atoms. The van der Waals surface area contributed by atoms with E-state index in [9.17, 15) is 5.11 Å². The van der Waals surface area contributed by atoms with Gasteiger partial charge in [-0.05, 0) is 49.9 Å². The first kappa shape index (κ1) is 20.1. The summed E-state index contributed by atoms with van der Waals surface area (Å²) >= 11 is 0. The Morgan fingerprint density at radius 1 is 1.03 bits per heavy atom. The maximum Gasteiger partial charge on any atom is 0.0459 e. The third-order valence-corrected chi connectivity index (χ3v) is 6.36. The lowest BCUT2D eigenvalue weighted by Crippen LogP contribution is -2.53. The molecule has 3 aromatic rings. The van der Waals surface area contributed by atoms with E-state index in [1.54, 1.807) is 0 Å². The number of aromatic nitrogens is 1. The average Bonchev–Trinajstić information content (AvgIpc) is 3.06. The van der Waals surface area contributed by atoms with Crippen molar-refractivity contribution in [1.82, 2.24) is 14.8 Å². The molecule has 4 nitrogen and oxygen atoms in total. The highest BCUT2D eigenvalue weighted by molar-refractivity contribution is 5.84. The smallest absolute Gasteiger partial charge is 0.0459 e. The number of aryl methyl sites for hydroxylation is 2. The predicted octanol–water partition coefficient (Wildman–Crippen LogP) is 3.98. The third-order valence-electron chi connectivity index (χ3n) is 6.36. The molecule has 0 aliphatic carbocycles. The molecule has 0 amide bonds. The highest BCUT2D eigenvalue weighted by atomic mass is 16.3. The van der Waals surface area contributed by atoms with Crippen molar-refractivity contribution in [2.75, 3.05) is 32.8 Å². The lowest BCUT2D eigenvalue weighted by Gasteiger charge is -2.41. The Morgan fingerprint density at radius 3 is 2.62 bits per heavy atom. The van der Waals surface area contributed by atoms with Gasteiger partial charge in [0.1, 0.15) is 0 Å². The van der Waals surface area contributed by atoms with Gasteiger partial charge in [0.15, 0.2) is 0 Å². The largest absolute Gasteiger partial charge is 0.396 e. The number of aliphatic hydroxyl groups is 1. The zero-order valence-electron chi connectivity index (χ0n) is 17.5. The molecule has 154 valence electrons. The van der Waals surface area contributed by atoms with E-state index in [4.69, 9.17) is 0 Å². The first-order valence-corrected chi connectivity index (χ1v) is 10.9. The number of H-pyrrole nitrogens is 1. The van der Waals surface area contributed by atoms with Gasteiger partial charge >= 0.3 is 0 Å². The summed E-state index contributed by atoms with van der Waals surface area (Å²) in [5.41, 5.74) is 5.33. The molecular formula is C25H33N3O. The summed E-state index contributed by atoms with van der Waals surface area (Å²) < 4.78 is 0. The van der Waals surface area contributed by atoms with Crippen LogP contribution in [0.1, 0.15) is 29.7 Å². The minimum Gasteiger partial charge on any atom is -0.396 e. The van der Waals surface area contributed by atoms with Crippen molar-refractivity contribution < 1.29 is 5.11 Å². The van der Waals surface area contributed by atoms with E-state index in [1.165, 1.54) is 34.1 Å². The zero-order valence-corrected chi connectivity index (χ0v) is 17.5. The van der Waals surface area contributed by atoms with Crippen molar-refractivity contribution in [3.63, 3.8) is 0 Å². The Labute approximate surface area is 174 Å². The first-order chi connectivity index (χ1) is 14.2. The van der Waals surface area contributed by atoms with E-state index < -0.39 is 0 Å². The monoisotopic (exact) mass is 391 g/mol. The van der Waals surface area contributed by atoms with Gasteiger partial charge < -0.3 is 10.1 Å². The zero-order chi connectivity index (χ0) is 20.1. The topological polar surface area (TPSA) is 42.5 Å². The molecule has 1 saturated heterocycles. The van der Waals surface area contributed by atoms with E-state index >= 15 is 0 Å². The van der Waals surface area contributed by atoms with Gasteiger partial charge in [0.05, 0.1) is 0 Å². The fourth-order valence-corrected chi connectivity index (χ4v) is 4.67. The lowest BCUT2D eigenvalue weighted by atomic mass is 10.1. The van der Waals surface area contributed by atoms with Crippen LogP contribution in [-0.2, 0) is 13.0 Å². The standard InChI is InChI=1S/C25H33N3O/c1-20-23-11-5-6-12-24(23)26-25(20)19-27-15-16-28(22(18-27)13-17-29)14-7-10-21-8-3-2-4-9-21/h2-6,8-9,11-12,22,26,29H,7,10,13-19H2,1H3/t22-/m1/s1. The van der Waals surface area contributed by atoms with Crippen molar-refractivity contribution in [3.8, 4) is 0 Å². The van der Waals surface area contributed by atoms with Crippen LogP contribution in [0.4, 0.5) is 0 Å². The van der Waals surface area contributed by atoms with Gasteiger partial charge in [-0.1, -0.05) is 48.5 Å². The van der Waals surface area contributed by atoms with Crippen LogP contribution >= 0.6 is 0 Å². The Balaban J connectivity index is 1.35. The lowest BCUT2D eigenvalue weighted by molar-refractivity contribution is 0.0541. The Kier molecular flexibility index (Phi) is 6.65. The molecule has 1 aliphatic heterocycles. The van der Waals surface area contributed by atoms with Gasteiger partial charge in [0.2, 0.25) is 0 Å². The summed E-state index contributed by atoms with van der Waals surface area (Å²) in [7, 11) is 0. The van der Waals surface area contributed by atoms with Gasteiger partial charge in [-0.2, -0.15) is 0 Å². The Morgan fingerprint density at radius 2 is 1.83 bits per heavy atom. The van der Waals surface area contributed by atoms with Gasteiger partial charge in [0, 0.05) is 55.4 Å². The number of para-hydroxylation sites is 1. The summed E-state index contributed by atoms with van der Waals surface area (Å²) in [6.07, 6.45) is 3.15. The molecule has 4 heteroatoms. The average molecular weight is 392 g/mol. The highest BCUT2D eigenvalue weighted by Crippen LogP contribution is 2.24. The number of rotatable bonds is 8. The molecule has 1 fully saturated rings. The van der Waals surface area contributed by atoms with Crippen LogP contribution in [0.2, 0.25) is 0 Å².